The van der Waals surface area contributed by atoms with E-state index >= 15 is 0 Å². The zero-order valence-corrected chi connectivity index (χ0v) is 41.1. The van der Waals surface area contributed by atoms with Crippen LogP contribution in [0.3, 0.4) is 0 Å². The van der Waals surface area contributed by atoms with Gasteiger partial charge in [0.1, 0.15) is 61.1 Å². The first-order valence-corrected chi connectivity index (χ1v) is 26.3. The first-order chi connectivity index (χ1) is 35.5. The maximum Gasteiger partial charge on any atom is 0.119 e. The molecule has 7 aliphatic heterocycles. The lowest BCUT2D eigenvalue weighted by molar-refractivity contribution is 0.210. The molecule has 0 N–H and O–H groups in total. The number of rotatable bonds is 29. The Balaban J connectivity index is 0.000000172. The molecule has 0 radical (unpaired) electrons. The summed E-state index contributed by atoms with van der Waals surface area (Å²) in [4.78, 5) is 4.95. The summed E-state index contributed by atoms with van der Waals surface area (Å²) in [6.45, 7) is 14.4. The first-order valence-electron chi connectivity index (χ1n) is 26.3. The second-order valence-corrected chi connectivity index (χ2v) is 20.8. The van der Waals surface area contributed by atoms with Crippen LogP contribution in [0.15, 0.2) is 121 Å². The van der Waals surface area contributed by atoms with Crippen molar-refractivity contribution in [2.24, 2.45) is 5.92 Å². The van der Waals surface area contributed by atoms with Gasteiger partial charge in [-0.2, -0.15) is 0 Å². The van der Waals surface area contributed by atoms with Gasteiger partial charge < -0.3 is 52.1 Å². The van der Waals surface area contributed by atoms with E-state index in [4.69, 9.17) is 52.1 Å². The predicted octanol–water partition coefficient (Wildman–Crippen LogP) is 7.66. The SMILES string of the molecule is c1cc(C(c2ccc(OCC3CO3)cc2)C(c2ccc(OCC3CO3)cc2)c2ccc(OCC3CO3)cc2)ccc1OCC1CC1.c1cc(CN(CC2CO2)CC2CO2)cc(CN(CC2CO2)CC2CO2)c1. The Morgan fingerprint density at radius 3 is 0.903 bits per heavy atom. The van der Waals surface area contributed by atoms with E-state index in [1.807, 2.05) is 0 Å². The molecule has 8 fully saturated rings. The van der Waals surface area contributed by atoms with Crippen molar-refractivity contribution in [3.05, 3.63) is 155 Å². The summed E-state index contributed by atoms with van der Waals surface area (Å²) in [6.07, 6.45) is 4.86. The lowest BCUT2D eigenvalue weighted by atomic mass is 9.73. The van der Waals surface area contributed by atoms with Crippen LogP contribution in [0.2, 0.25) is 0 Å². The van der Waals surface area contributed by atoms with Crippen LogP contribution in [-0.4, -0.2) is 151 Å². The van der Waals surface area contributed by atoms with Gasteiger partial charge in [0.15, 0.2) is 0 Å². The summed E-state index contributed by atoms with van der Waals surface area (Å²) in [5, 5.41) is 0. The standard InChI is InChI=1S/C39H40O7.C20H28N2O4/c1-2-26(1)19-40-31-11-3-27(4-12-31)38(28-5-13-32(14-6-28)41-20-35-23-44-35)39(29-7-15-33(16-8-29)42-21-36-24-45-36)30-9-17-34(18-10-30)43-22-37-25-46-37;1-2-15(5-21(7-17-11-23-17)8-18-12-24-18)4-16(3-1)6-22(9-19-13-25-19)10-20-14-26-20/h3-18,26,35-39H,1-2,19-25H2;1-4,17-20H,5-14H2. The molecular formula is C59H68N2O11. The lowest BCUT2D eigenvalue weighted by Gasteiger charge is -2.30. The molecule has 8 atom stereocenters. The number of hydrogen-bond donors (Lipinski definition) is 0. The van der Waals surface area contributed by atoms with Gasteiger partial charge in [0.25, 0.3) is 0 Å². The lowest BCUT2D eigenvalue weighted by Crippen LogP contribution is -2.32. The highest BCUT2D eigenvalue weighted by Gasteiger charge is 2.34. The minimum Gasteiger partial charge on any atom is -0.493 e. The average molecular weight is 981 g/mol. The third-order valence-corrected chi connectivity index (χ3v) is 14.2. The molecule has 0 bridgehead atoms. The van der Waals surface area contributed by atoms with E-state index in [2.05, 4.69) is 131 Å². The fourth-order valence-corrected chi connectivity index (χ4v) is 9.39. The molecule has 1 aliphatic carbocycles. The van der Waals surface area contributed by atoms with E-state index in [0.29, 0.717) is 50.2 Å². The molecule has 8 aliphatic rings. The van der Waals surface area contributed by atoms with Gasteiger partial charge in [-0.3, -0.25) is 9.80 Å². The average Bonchev–Trinajstić information content (AvgIpc) is 4.22. The Kier molecular flexibility index (Phi) is 15.0. The Hall–Kier alpha value is -5.06. The van der Waals surface area contributed by atoms with Crippen LogP contribution in [0.4, 0.5) is 0 Å². The van der Waals surface area contributed by atoms with Gasteiger partial charge in [-0.25, -0.2) is 0 Å². The molecule has 5 aromatic rings. The Morgan fingerprint density at radius 1 is 0.361 bits per heavy atom. The Morgan fingerprint density at radius 2 is 0.639 bits per heavy atom. The van der Waals surface area contributed by atoms with Crippen molar-refractivity contribution in [1.82, 2.24) is 9.80 Å². The zero-order chi connectivity index (χ0) is 48.1. The third-order valence-electron chi connectivity index (χ3n) is 14.2. The Labute approximate surface area is 423 Å². The van der Waals surface area contributed by atoms with Crippen molar-refractivity contribution in [3.63, 3.8) is 0 Å². The molecule has 0 aromatic heterocycles. The molecule has 72 heavy (non-hydrogen) atoms. The summed E-state index contributed by atoms with van der Waals surface area (Å²) >= 11 is 0. The maximum atomic E-state index is 6.11. The van der Waals surface area contributed by atoms with Crippen LogP contribution in [0, 0.1) is 5.92 Å². The van der Waals surface area contributed by atoms with Gasteiger partial charge in [-0.05, 0) is 101 Å². The predicted molar refractivity (Wildman–Crippen MR) is 269 cm³/mol. The third kappa shape index (κ3) is 15.0. The van der Waals surface area contributed by atoms with Crippen molar-refractivity contribution >= 4 is 0 Å². The number of nitrogens with zero attached hydrogens (tertiary/aromatic N) is 2. The van der Waals surface area contributed by atoms with Crippen LogP contribution in [-0.2, 0) is 46.2 Å². The molecular weight excluding hydrogens is 913 g/mol. The molecule has 1 saturated carbocycles. The molecule has 13 rings (SSSR count). The molecule has 13 heteroatoms. The van der Waals surface area contributed by atoms with Crippen LogP contribution in [0.5, 0.6) is 23.0 Å². The van der Waals surface area contributed by atoms with Crippen molar-refractivity contribution in [3.8, 4) is 23.0 Å². The van der Waals surface area contributed by atoms with E-state index in [0.717, 1.165) is 115 Å². The van der Waals surface area contributed by atoms with Crippen molar-refractivity contribution in [2.75, 3.05) is 98.9 Å². The molecule has 7 heterocycles. The van der Waals surface area contributed by atoms with E-state index in [-0.39, 0.29) is 30.1 Å². The van der Waals surface area contributed by atoms with E-state index in [9.17, 15) is 0 Å². The highest BCUT2D eigenvalue weighted by atomic mass is 16.6. The fourth-order valence-electron chi connectivity index (χ4n) is 9.39. The van der Waals surface area contributed by atoms with Crippen LogP contribution in [0.25, 0.3) is 0 Å². The first kappa shape index (κ1) is 47.9. The molecule has 5 aromatic carbocycles. The molecule has 13 nitrogen and oxygen atoms in total. The second-order valence-electron chi connectivity index (χ2n) is 20.8. The second kappa shape index (κ2) is 22.6. The minimum absolute atomic E-state index is 0.00601. The van der Waals surface area contributed by atoms with Gasteiger partial charge in [-0.1, -0.05) is 72.8 Å². The summed E-state index contributed by atoms with van der Waals surface area (Å²) < 4.78 is 61.8. The quantitative estimate of drug-likeness (QED) is 0.0435. The summed E-state index contributed by atoms with van der Waals surface area (Å²) in [5.74, 6) is 4.18. The van der Waals surface area contributed by atoms with Crippen LogP contribution >= 0.6 is 0 Å². The minimum atomic E-state index is 0.00601. The topological polar surface area (TPSA) is 131 Å². The normalized spacial score (nSPS) is 25.7. The Bertz CT molecular complexity index is 2160. The zero-order valence-electron chi connectivity index (χ0n) is 41.1. The fraction of sp³-hybridized carbons (Fsp3) is 0.492. The van der Waals surface area contributed by atoms with Crippen LogP contribution < -0.4 is 18.9 Å². The van der Waals surface area contributed by atoms with Crippen molar-refractivity contribution in [2.45, 2.75) is 80.5 Å². The molecule has 8 unspecified atom stereocenters. The van der Waals surface area contributed by atoms with E-state index < -0.39 is 0 Å². The summed E-state index contributed by atoms with van der Waals surface area (Å²) in [7, 11) is 0. The van der Waals surface area contributed by atoms with Crippen LogP contribution in [0.1, 0.15) is 58.1 Å². The summed E-state index contributed by atoms with van der Waals surface area (Å²) in [5.41, 5.74) is 7.54. The molecule has 0 amide bonds. The molecule has 7 saturated heterocycles. The number of epoxide rings is 7. The summed E-state index contributed by atoms with van der Waals surface area (Å²) in [6, 6.07) is 43.2. The smallest absolute Gasteiger partial charge is 0.119 e. The number of benzene rings is 5. The van der Waals surface area contributed by atoms with Gasteiger partial charge in [0, 0.05) is 51.1 Å². The monoisotopic (exact) mass is 980 g/mol. The van der Waals surface area contributed by atoms with E-state index in [1.54, 1.807) is 0 Å². The molecule has 0 spiro atoms. The van der Waals surface area contributed by atoms with E-state index in [1.165, 1.54) is 46.2 Å². The van der Waals surface area contributed by atoms with Crippen molar-refractivity contribution in [1.29, 1.82) is 0 Å². The number of hydrogen-bond acceptors (Lipinski definition) is 13. The van der Waals surface area contributed by atoms with Gasteiger partial charge in [0.2, 0.25) is 0 Å². The van der Waals surface area contributed by atoms with Gasteiger partial charge >= 0.3 is 0 Å². The maximum absolute atomic E-state index is 6.11. The molecule has 380 valence electrons. The van der Waals surface area contributed by atoms with Crippen molar-refractivity contribution < 1.29 is 52.1 Å². The van der Waals surface area contributed by atoms with Gasteiger partial charge in [-0.15, -0.1) is 0 Å². The van der Waals surface area contributed by atoms with Gasteiger partial charge in [0.05, 0.1) is 77.3 Å². The largest absolute Gasteiger partial charge is 0.493 e. The highest BCUT2D eigenvalue weighted by Crippen LogP contribution is 2.45. The number of ether oxygens (including phenoxy) is 11. The highest BCUT2D eigenvalue weighted by molar-refractivity contribution is 5.48.